The van der Waals surface area contributed by atoms with E-state index in [0.29, 0.717) is 18.5 Å². The predicted octanol–water partition coefficient (Wildman–Crippen LogP) is 3.45. The van der Waals surface area contributed by atoms with Crippen LogP contribution in [0.15, 0.2) is 28.7 Å². The van der Waals surface area contributed by atoms with Crippen molar-refractivity contribution in [2.24, 2.45) is 0 Å². The molecule has 1 aliphatic rings. The Morgan fingerprint density at radius 2 is 2.06 bits per heavy atom. The summed E-state index contributed by atoms with van der Waals surface area (Å²) in [7, 11) is 0. The largest absolute Gasteiger partial charge is 0.389 e. The summed E-state index contributed by atoms with van der Waals surface area (Å²) in [5, 5.41) is 13.4. The SMILES string of the molecule is CCC(C)(O)CNC1CC(c2ccccc2Br)C1. The van der Waals surface area contributed by atoms with E-state index in [9.17, 15) is 5.11 Å². The van der Waals surface area contributed by atoms with Crippen molar-refractivity contribution < 1.29 is 5.11 Å². The van der Waals surface area contributed by atoms with E-state index in [1.807, 2.05) is 13.8 Å². The first-order valence-corrected chi connectivity index (χ1v) is 7.51. The second-order valence-electron chi connectivity index (χ2n) is 5.62. The Morgan fingerprint density at radius 1 is 1.39 bits per heavy atom. The molecular formula is C15H22BrNO. The van der Waals surface area contributed by atoms with E-state index in [1.54, 1.807) is 0 Å². The fourth-order valence-corrected chi connectivity index (χ4v) is 2.94. The first-order chi connectivity index (χ1) is 8.52. The van der Waals surface area contributed by atoms with Gasteiger partial charge in [-0.1, -0.05) is 41.1 Å². The molecule has 1 unspecified atom stereocenters. The zero-order valence-corrected chi connectivity index (χ0v) is 12.7. The fourth-order valence-electron chi connectivity index (χ4n) is 2.33. The lowest BCUT2D eigenvalue weighted by Crippen LogP contribution is -2.47. The van der Waals surface area contributed by atoms with Gasteiger partial charge in [0.05, 0.1) is 5.60 Å². The van der Waals surface area contributed by atoms with Crippen molar-refractivity contribution in [3.05, 3.63) is 34.3 Å². The van der Waals surface area contributed by atoms with Gasteiger partial charge in [-0.15, -0.1) is 0 Å². The maximum absolute atomic E-state index is 9.95. The third-order valence-corrected chi connectivity index (χ3v) is 4.74. The van der Waals surface area contributed by atoms with Crippen LogP contribution in [0.2, 0.25) is 0 Å². The number of nitrogens with one attached hydrogen (secondary N) is 1. The van der Waals surface area contributed by atoms with E-state index >= 15 is 0 Å². The van der Waals surface area contributed by atoms with Gasteiger partial charge in [0.2, 0.25) is 0 Å². The first-order valence-electron chi connectivity index (χ1n) is 6.72. The van der Waals surface area contributed by atoms with Crippen molar-refractivity contribution in [2.75, 3.05) is 6.54 Å². The molecular weight excluding hydrogens is 290 g/mol. The number of hydrogen-bond donors (Lipinski definition) is 2. The summed E-state index contributed by atoms with van der Waals surface area (Å²) in [6, 6.07) is 9.02. The molecule has 0 radical (unpaired) electrons. The lowest BCUT2D eigenvalue weighted by molar-refractivity contribution is 0.0482. The standard InChI is InChI=1S/C15H22BrNO/c1-3-15(2,18)10-17-12-8-11(9-12)13-6-4-5-7-14(13)16/h4-7,11-12,17-18H,3,8-10H2,1-2H3. The van der Waals surface area contributed by atoms with Gasteiger partial charge in [-0.2, -0.15) is 0 Å². The molecule has 0 bridgehead atoms. The topological polar surface area (TPSA) is 32.3 Å². The van der Waals surface area contributed by atoms with E-state index < -0.39 is 5.60 Å². The smallest absolute Gasteiger partial charge is 0.0741 e. The Labute approximate surface area is 118 Å². The van der Waals surface area contributed by atoms with Crippen LogP contribution >= 0.6 is 15.9 Å². The highest BCUT2D eigenvalue weighted by atomic mass is 79.9. The Balaban J connectivity index is 1.79. The first kappa shape index (κ1) is 14.0. The molecule has 18 heavy (non-hydrogen) atoms. The molecule has 2 N–H and O–H groups in total. The van der Waals surface area contributed by atoms with Crippen LogP contribution in [-0.2, 0) is 0 Å². The Kier molecular flexibility index (Phi) is 4.46. The maximum atomic E-state index is 9.95. The highest BCUT2D eigenvalue weighted by Gasteiger charge is 2.32. The molecule has 0 spiro atoms. The molecule has 1 saturated carbocycles. The van der Waals surface area contributed by atoms with E-state index in [-0.39, 0.29) is 0 Å². The molecule has 1 aromatic carbocycles. The van der Waals surface area contributed by atoms with Crippen molar-refractivity contribution >= 4 is 15.9 Å². The molecule has 2 rings (SSSR count). The average Bonchev–Trinajstić information content (AvgIpc) is 2.29. The number of aliphatic hydroxyl groups is 1. The van der Waals surface area contributed by atoms with Gasteiger partial charge >= 0.3 is 0 Å². The van der Waals surface area contributed by atoms with Gasteiger partial charge in [0.25, 0.3) is 0 Å². The zero-order valence-electron chi connectivity index (χ0n) is 11.1. The average molecular weight is 312 g/mol. The summed E-state index contributed by atoms with van der Waals surface area (Å²) < 4.78 is 1.22. The molecule has 3 heteroatoms. The van der Waals surface area contributed by atoms with Crippen molar-refractivity contribution in [2.45, 2.75) is 50.7 Å². The third-order valence-electron chi connectivity index (χ3n) is 4.02. The van der Waals surface area contributed by atoms with E-state index in [2.05, 4.69) is 45.5 Å². The normalized spacial score (nSPS) is 26.4. The van der Waals surface area contributed by atoms with Gasteiger partial charge in [0, 0.05) is 17.1 Å². The molecule has 1 aromatic rings. The molecule has 0 heterocycles. The van der Waals surface area contributed by atoms with E-state index in [4.69, 9.17) is 0 Å². The third kappa shape index (κ3) is 3.34. The number of hydrogen-bond acceptors (Lipinski definition) is 2. The molecule has 0 saturated heterocycles. The van der Waals surface area contributed by atoms with E-state index in [0.717, 1.165) is 6.42 Å². The second kappa shape index (κ2) is 5.72. The minimum atomic E-state index is -0.571. The number of benzene rings is 1. The van der Waals surface area contributed by atoms with Gasteiger partial charge < -0.3 is 10.4 Å². The Morgan fingerprint density at radius 3 is 2.67 bits per heavy atom. The Hall–Kier alpha value is -0.380. The molecule has 1 aliphatic carbocycles. The summed E-state index contributed by atoms with van der Waals surface area (Å²) in [6.45, 7) is 4.60. The highest BCUT2D eigenvalue weighted by Crippen LogP contribution is 2.40. The maximum Gasteiger partial charge on any atom is 0.0741 e. The quantitative estimate of drug-likeness (QED) is 0.873. The van der Waals surface area contributed by atoms with Crippen molar-refractivity contribution in [3.63, 3.8) is 0 Å². The highest BCUT2D eigenvalue weighted by molar-refractivity contribution is 9.10. The summed E-state index contributed by atoms with van der Waals surface area (Å²) in [5.41, 5.74) is 0.844. The van der Waals surface area contributed by atoms with Gasteiger partial charge in [-0.25, -0.2) is 0 Å². The van der Waals surface area contributed by atoms with Crippen LogP contribution in [0.5, 0.6) is 0 Å². The van der Waals surface area contributed by atoms with Gasteiger partial charge in [0.15, 0.2) is 0 Å². The lowest BCUT2D eigenvalue weighted by atomic mass is 9.75. The molecule has 0 amide bonds. The van der Waals surface area contributed by atoms with Crippen LogP contribution in [0.3, 0.4) is 0 Å². The molecule has 1 fully saturated rings. The van der Waals surface area contributed by atoms with E-state index in [1.165, 1.54) is 22.9 Å². The van der Waals surface area contributed by atoms with Crippen molar-refractivity contribution in [3.8, 4) is 0 Å². The Bertz CT molecular complexity index is 399. The molecule has 0 aliphatic heterocycles. The number of rotatable bonds is 5. The predicted molar refractivity (Wildman–Crippen MR) is 78.8 cm³/mol. The van der Waals surface area contributed by atoms with Crippen LogP contribution in [-0.4, -0.2) is 23.3 Å². The van der Waals surface area contributed by atoms with Crippen molar-refractivity contribution in [1.29, 1.82) is 0 Å². The van der Waals surface area contributed by atoms with Crippen LogP contribution in [0.25, 0.3) is 0 Å². The van der Waals surface area contributed by atoms with Crippen molar-refractivity contribution in [1.82, 2.24) is 5.32 Å². The molecule has 100 valence electrons. The van der Waals surface area contributed by atoms with Gasteiger partial charge in [-0.3, -0.25) is 0 Å². The lowest BCUT2D eigenvalue weighted by Gasteiger charge is -2.38. The molecule has 2 nitrogen and oxygen atoms in total. The van der Waals surface area contributed by atoms with Crippen LogP contribution in [0.4, 0.5) is 0 Å². The van der Waals surface area contributed by atoms with Gasteiger partial charge in [-0.05, 0) is 43.7 Å². The number of halogens is 1. The second-order valence-corrected chi connectivity index (χ2v) is 6.47. The zero-order chi connectivity index (χ0) is 13.2. The summed E-state index contributed by atoms with van der Waals surface area (Å²) in [4.78, 5) is 0. The summed E-state index contributed by atoms with van der Waals surface area (Å²) in [6.07, 6.45) is 3.13. The summed E-state index contributed by atoms with van der Waals surface area (Å²) in [5.74, 6) is 0.657. The summed E-state index contributed by atoms with van der Waals surface area (Å²) >= 11 is 3.61. The van der Waals surface area contributed by atoms with Crippen LogP contribution in [0, 0.1) is 0 Å². The minimum absolute atomic E-state index is 0.556. The fraction of sp³-hybridized carbons (Fsp3) is 0.600. The monoisotopic (exact) mass is 311 g/mol. The van der Waals surface area contributed by atoms with Crippen LogP contribution < -0.4 is 5.32 Å². The minimum Gasteiger partial charge on any atom is -0.389 e. The molecule has 1 atom stereocenters. The van der Waals surface area contributed by atoms with Crippen LogP contribution in [0.1, 0.15) is 44.6 Å². The van der Waals surface area contributed by atoms with Gasteiger partial charge in [0.1, 0.15) is 0 Å². The molecule has 0 aromatic heterocycles.